The summed E-state index contributed by atoms with van der Waals surface area (Å²) in [7, 11) is 1.62. The minimum atomic E-state index is -0.209. The number of rotatable bonds is 10. The van der Waals surface area contributed by atoms with Gasteiger partial charge in [0.05, 0.1) is 6.54 Å². The summed E-state index contributed by atoms with van der Waals surface area (Å²) < 4.78 is 4.96. The molecule has 1 fully saturated rings. The van der Waals surface area contributed by atoms with Crippen LogP contribution in [0.25, 0.3) is 0 Å². The van der Waals surface area contributed by atoms with Gasteiger partial charge in [-0.25, -0.2) is 0 Å². The van der Waals surface area contributed by atoms with Crippen LogP contribution in [-0.2, 0) is 9.53 Å². The van der Waals surface area contributed by atoms with E-state index in [1.54, 1.807) is 43.5 Å². The zero-order chi connectivity index (χ0) is 24.3. The topological polar surface area (TPSA) is 99.8 Å². The van der Waals surface area contributed by atoms with Gasteiger partial charge in [0.25, 0.3) is 11.8 Å². The minimum Gasteiger partial charge on any atom is -0.385 e. The van der Waals surface area contributed by atoms with Crippen LogP contribution >= 0.6 is 0 Å². The van der Waals surface area contributed by atoms with Crippen LogP contribution in [0.2, 0.25) is 0 Å². The molecule has 3 rings (SSSR count). The molecule has 8 nitrogen and oxygen atoms in total. The molecule has 0 saturated carbocycles. The minimum absolute atomic E-state index is 0.0586. The number of anilines is 2. The van der Waals surface area contributed by atoms with Gasteiger partial charge in [-0.05, 0) is 73.7 Å². The zero-order valence-corrected chi connectivity index (χ0v) is 19.9. The van der Waals surface area contributed by atoms with E-state index < -0.39 is 0 Å². The summed E-state index contributed by atoms with van der Waals surface area (Å²) in [4.78, 5) is 38.9. The first-order chi connectivity index (χ1) is 16.5. The molecule has 0 aliphatic carbocycles. The second kappa shape index (κ2) is 12.7. The van der Waals surface area contributed by atoms with E-state index in [4.69, 9.17) is 4.74 Å². The average molecular weight is 467 g/mol. The molecule has 2 aromatic carbocycles. The van der Waals surface area contributed by atoms with Gasteiger partial charge in [-0.3, -0.25) is 14.4 Å². The van der Waals surface area contributed by atoms with Crippen molar-refractivity contribution in [1.82, 2.24) is 10.2 Å². The quantitative estimate of drug-likeness (QED) is 0.466. The molecule has 3 N–H and O–H groups in total. The molecule has 1 aliphatic heterocycles. The van der Waals surface area contributed by atoms with E-state index in [0.29, 0.717) is 35.9 Å². The monoisotopic (exact) mass is 466 g/mol. The average Bonchev–Trinajstić information content (AvgIpc) is 2.86. The molecular weight excluding hydrogens is 432 g/mol. The van der Waals surface area contributed by atoms with E-state index in [-0.39, 0.29) is 24.3 Å². The maximum absolute atomic E-state index is 12.6. The Kier molecular flexibility index (Phi) is 9.46. The van der Waals surface area contributed by atoms with Gasteiger partial charge in [0.1, 0.15) is 0 Å². The molecule has 182 valence electrons. The van der Waals surface area contributed by atoms with Crippen LogP contribution < -0.4 is 16.0 Å². The van der Waals surface area contributed by atoms with Crippen molar-refractivity contribution in [1.29, 1.82) is 0 Å². The van der Waals surface area contributed by atoms with E-state index in [0.717, 1.165) is 38.0 Å². The van der Waals surface area contributed by atoms with Crippen LogP contribution in [0.4, 0.5) is 11.4 Å². The highest BCUT2D eigenvalue weighted by Gasteiger charge is 2.21. The first-order valence-corrected chi connectivity index (χ1v) is 11.8. The summed E-state index contributed by atoms with van der Waals surface area (Å²) in [6, 6.07) is 14.0. The molecule has 1 saturated heterocycles. The zero-order valence-electron chi connectivity index (χ0n) is 19.9. The molecule has 0 radical (unpaired) electrons. The lowest BCUT2D eigenvalue weighted by molar-refractivity contribution is -0.114. The summed E-state index contributed by atoms with van der Waals surface area (Å²) in [5.74, 6) is 0.366. The molecule has 0 atom stereocenters. The van der Waals surface area contributed by atoms with Crippen LogP contribution in [0.5, 0.6) is 0 Å². The number of hydrogen-bond donors (Lipinski definition) is 3. The highest BCUT2D eigenvalue weighted by atomic mass is 16.5. The van der Waals surface area contributed by atoms with Gasteiger partial charge in [-0.2, -0.15) is 0 Å². The highest BCUT2D eigenvalue weighted by Crippen LogP contribution is 2.19. The third kappa shape index (κ3) is 7.59. The molecule has 1 heterocycles. The van der Waals surface area contributed by atoms with Crippen molar-refractivity contribution in [3.8, 4) is 0 Å². The van der Waals surface area contributed by atoms with Gasteiger partial charge in [0.2, 0.25) is 5.91 Å². The number of piperidine rings is 1. The van der Waals surface area contributed by atoms with Crippen LogP contribution in [0.15, 0.2) is 48.5 Å². The number of nitrogens with one attached hydrogen (secondary N) is 3. The highest BCUT2D eigenvalue weighted by molar-refractivity contribution is 5.97. The largest absolute Gasteiger partial charge is 0.385 e. The van der Waals surface area contributed by atoms with Crippen LogP contribution in [-0.4, -0.2) is 62.5 Å². The van der Waals surface area contributed by atoms with Gasteiger partial charge in [0, 0.05) is 55.9 Å². The van der Waals surface area contributed by atoms with Crippen LogP contribution in [0.3, 0.4) is 0 Å². The van der Waals surface area contributed by atoms with Gasteiger partial charge < -0.3 is 25.6 Å². The summed E-state index contributed by atoms with van der Waals surface area (Å²) in [5.41, 5.74) is 2.56. The van der Waals surface area contributed by atoms with E-state index in [2.05, 4.69) is 22.9 Å². The maximum atomic E-state index is 12.6. The van der Waals surface area contributed by atoms with Crippen molar-refractivity contribution in [2.24, 2.45) is 5.92 Å². The molecule has 0 spiro atoms. The first kappa shape index (κ1) is 25.2. The molecule has 3 amide bonds. The van der Waals surface area contributed by atoms with Crippen molar-refractivity contribution in [2.45, 2.75) is 26.2 Å². The number of carbonyl (C=O) groups is 3. The normalized spacial score (nSPS) is 13.9. The summed E-state index contributed by atoms with van der Waals surface area (Å²) in [6.45, 7) is 5.06. The van der Waals surface area contributed by atoms with Gasteiger partial charge in [-0.15, -0.1) is 0 Å². The Bertz CT molecular complexity index is 952. The molecule has 34 heavy (non-hydrogen) atoms. The fraction of sp³-hybridized carbons (Fsp3) is 0.423. The summed E-state index contributed by atoms with van der Waals surface area (Å²) >= 11 is 0. The predicted octanol–water partition coefficient (Wildman–Crippen LogP) is 3.38. The van der Waals surface area contributed by atoms with E-state index in [1.165, 1.54) is 0 Å². The molecule has 1 aliphatic rings. The fourth-order valence-corrected chi connectivity index (χ4v) is 3.74. The standard InChI is InChI=1S/C26H34N4O4/c1-19-12-15-30(16-13-19)26(33)21-6-8-22(9-7-21)28-18-24(31)29-23-10-4-20(5-11-23)25(32)27-14-3-17-34-2/h4-11,19,28H,3,12-18H2,1-2H3,(H,27,32)(H,29,31). The molecule has 2 aromatic rings. The van der Waals surface area contributed by atoms with Crippen molar-refractivity contribution in [3.63, 3.8) is 0 Å². The van der Waals surface area contributed by atoms with E-state index >= 15 is 0 Å². The van der Waals surface area contributed by atoms with Crippen molar-refractivity contribution in [2.75, 3.05) is 50.5 Å². The van der Waals surface area contributed by atoms with Crippen LogP contribution in [0.1, 0.15) is 46.9 Å². The Morgan fingerprint density at radius 3 is 2.21 bits per heavy atom. The SMILES string of the molecule is COCCCNC(=O)c1ccc(NC(=O)CNc2ccc(C(=O)N3CCC(C)CC3)cc2)cc1. The third-order valence-electron chi connectivity index (χ3n) is 5.90. The second-order valence-corrected chi connectivity index (χ2v) is 8.63. The van der Waals surface area contributed by atoms with Crippen molar-refractivity contribution >= 4 is 29.1 Å². The number of nitrogens with zero attached hydrogens (tertiary/aromatic N) is 1. The van der Waals surface area contributed by atoms with E-state index in [9.17, 15) is 14.4 Å². The predicted molar refractivity (Wildman–Crippen MR) is 133 cm³/mol. The van der Waals surface area contributed by atoms with Crippen molar-refractivity contribution < 1.29 is 19.1 Å². The Balaban J connectivity index is 1.42. The first-order valence-electron chi connectivity index (χ1n) is 11.8. The Morgan fingerprint density at radius 2 is 1.56 bits per heavy atom. The lowest BCUT2D eigenvalue weighted by Gasteiger charge is -2.30. The molecule has 0 bridgehead atoms. The number of hydrogen-bond acceptors (Lipinski definition) is 5. The number of benzene rings is 2. The number of likely N-dealkylation sites (tertiary alicyclic amines) is 1. The Labute approximate surface area is 201 Å². The number of ether oxygens (including phenoxy) is 1. The molecule has 0 aromatic heterocycles. The lowest BCUT2D eigenvalue weighted by Crippen LogP contribution is -2.37. The summed E-state index contributed by atoms with van der Waals surface area (Å²) in [6.07, 6.45) is 2.84. The Morgan fingerprint density at radius 1 is 0.941 bits per heavy atom. The number of amides is 3. The van der Waals surface area contributed by atoms with Gasteiger partial charge in [-0.1, -0.05) is 6.92 Å². The fourth-order valence-electron chi connectivity index (χ4n) is 3.74. The molecular formula is C26H34N4O4. The number of methoxy groups -OCH3 is 1. The molecule has 8 heteroatoms. The molecule has 0 unspecified atom stereocenters. The number of carbonyl (C=O) groups excluding carboxylic acids is 3. The second-order valence-electron chi connectivity index (χ2n) is 8.63. The van der Waals surface area contributed by atoms with Gasteiger partial charge in [0.15, 0.2) is 0 Å². The van der Waals surface area contributed by atoms with Crippen molar-refractivity contribution in [3.05, 3.63) is 59.7 Å². The smallest absolute Gasteiger partial charge is 0.253 e. The van der Waals surface area contributed by atoms with Crippen LogP contribution in [0, 0.1) is 5.92 Å². The Hall–Kier alpha value is -3.39. The lowest BCUT2D eigenvalue weighted by atomic mass is 9.98. The maximum Gasteiger partial charge on any atom is 0.253 e. The van der Waals surface area contributed by atoms with E-state index in [1.807, 2.05) is 17.0 Å². The summed E-state index contributed by atoms with van der Waals surface area (Å²) in [5, 5.41) is 8.70. The van der Waals surface area contributed by atoms with Gasteiger partial charge >= 0.3 is 0 Å². The third-order valence-corrected chi connectivity index (χ3v) is 5.90.